The van der Waals surface area contributed by atoms with Gasteiger partial charge >= 0.3 is 0 Å². The van der Waals surface area contributed by atoms with Crippen molar-refractivity contribution < 1.29 is 4.79 Å². The summed E-state index contributed by atoms with van der Waals surface area (Å²) in [5, 5.41) is 2.97. The van der Waals surface area contributed by atoms with E-state index in [1.165, 1.54) is 17.2 Å². The largest absolute Gasteiger partial charge is 0.346 e. The Bertz CT molecular complexity index is 384. The zero-order valence-electron chi connectivity index (χ0n) is 8.70. The molecule has 0 aliphatic heterocycles. The average molecular weight is 201 g/mol. The smallest absolute Gasteiger partial charge is 0.243 e. The molecule has 2 nitrogen and oxygen atoms in total. The van der Waals surface area contributed by atoms with Crippen molar-refractivity contribution in [3.8, 4) is 0 Å². The summed E-state index contributed by atoms with van der Waals surface area (Å²) in [6, 6.07) is 8.48. The average Bonchev–Trinajstić information content (AvgIpc) is 2.29. The summed E-state index contributed by atoms with van der Waals surface area (Å²) in [5.74, 6) is -0.0864. The fraction of sp³-hybridized carbons (Fsp3) is 0.308. The van der Waals surface area contributed by atoms with E-state index in [9.17, 15) is 4.79 Å². The third kappa shape index (κ3) is 2.09. The number of aryl methyl sites for hydroxylation is 1. The number of hydrogen-bond donors (Lipinski definition) is 1. The van der Waals surface area contributed by atoms with Gasteiger partial charge in [0.2, 0.25) is 5.91 Å². The second-order valence-electron chi connectivity index (χ2n) is 3.86. The highest BCUT2D eigenvalue weighted by Crippen LogP contribution is 2.29. The van der Waals surface area contributed by atoms with Crippen molar-refractivity contribution in [1.82, 2.24) is 5.32 Å². The molecule has 1 aromatic carbocycles. The first-order valence-corrected chi connectivity index (χ1v) is 5.32. The molecule has 1 aromatic rings. The fourth-order valence-electron chi connectivity index (χ4n) is 2.13. The molecule has 15 heavy (non-hydrogen) atoms. The van der Waals surface area contributed by atoms with Gasteiger partial charge in [0.1, 0.15) is 0 Å². The van der Waals surface area contributed by atoms with Gasteiger partial charge in [0.25, 0.3) is 0 Å². The van der Waals surface area contributed by atoms with Crippen LogP contribution in [0.25, 0.3) is 0 Å². The summed E-state index contributed by atoms with van der Waals surface area (Å²) < 4.78 is 0. The first kappa shape index (κ1) is 9.97. The van der Waals surface area contributed by atoms with Crippen molar-refractivity contribution in [2.24, 2.45) is 0 Å². The van der Waals surface area contributed by atoms with Crippen LogP contribution in [0.4, 0.5) is 0 Å². The van der Waals surface area contributed by atoms with Gasteiger partial charge < -0.3 is 5.32 Å². The summed E-state index contributed by atoms with van der Waals surface area (Å²) in [6.45, 7) is 3.47. The van der Waals surface area contributed by atoms with Crippen molar-refractivity contribution in [3.63, 3.8) is 0 Å². The van der Waals surface area contributed by atoms with Gasteiger partial charge in [0, 0.05) is 0 Å². The van der Waals surface area contributed by atoms with Gasteiger partial charge in [-0.15, -0.1) is 0 Å². The molecule has 0 aromatic heterocycles. The van der Waals surface area contributed by atoms with Gasteiger partial charge in [-0.2, -0.15) is 0 Å². The van der Waals surface area contributed by atoms with Gasteiger partial charge in [0.05, 0.1) is 6.04 Å². The highest BCUT2D eigenvalue weighted by molar-refractivity contribution is 5.87. The van der Waals surface area contributed by atoms with Crippen LogP contribution in [-0.2, 0) is 11.2 Å². The quantitative estimate of drug-likeness (QED) is 0.731. The third-order valence-corrected chi connectivity index (χ3v) is 2.87. The van der Waals surface area contributed by atoms with Crippen LogP contribution in [0.15, 0.2) is 36.9 Å². The number of carbonyl (C=O) groups excluding carboxylic acids is 1. The van der Waals surface area contributed by atoms with E-state index in [1.807, 2.05) is 6.07 Å². The van der Waals surface area contributed by atoms with Crippen LogP contribution in [-0.4, -0.2) is 5.91 Å². The minimum absolute atomic E-state index is 0.0864. The molecule has 1 aliphatic carbocycles. The Morgan fingerprint density at radius 2 is 2.27 bits per heavy atom. The number of carbonyl (C=O) groups is 1. The molecule has 78 valence electrons. The van der Waals surface area contributed by atoms with Gasteiger partial charge in [0.15, 0.2) is 0 Å². The lowest BCUT2D eigenvalue weighted by molar-refractivity contribution is -0.117. The van der Waals surface area contributed by atoms with E-state index in [0.717, 1.165) is 19.3 Å². The van der Waals surface area contributed by atoms with Crippen LogP contribution in [0.2, 0.25) is 0 Å². The van der Waals surface area contributed by atoms with E-state index in [2.05, 4.69) is 30.1 Å². The maximum atomic E-state index is 11.3. The number of amides is 1. The SMILES string of the molecule is C=CC(=O)N[C@@H]1CCCc2ccccc21. The molecule has 0 bridgehead atoms. The Labute approximate surface area is 90.0 Å². The molecule has 0 saturated carbocycles. The summed E-state index contributed by atoms with van der Waals surface area (Å²) in [4.78, 5) is 11.3. The Kier molecular flexibility index (Phi) is 2.86. The topological polar surface area (TPSA) is 29.1 Å². The van der Waals surface area contributed by atoms with Crippen LogP contribution in [0.5, 0.6) is 0 Å². The maximum absolute atomic E-state index is 11.3. The predicted octanol–water partition coefficient (Wildman–Crippen LogP) is 2.37. The van der Waals surface area contributed by atoms with Crippen LogP contribution >= 0.6 is 0 Å². The van der Waals surface area contributed by atoms with Crippen LogP contribution < -0.4 is 5.32 Å². The third-order valence-electron chi connectivity index (χ3n) is 2.87. The van der Waals surface area contributed by atoms with E-state index >= 15 is 0 Å². The second-order valence-corrected chi connectivity index (χ2v) is 3.86. The van der Waals surface area contributed by atoms with Gasteiger partial charge in [-0.25, -0.2) is 0 Å². The Hall–Kier alpha value is -1.57. The van der Waals surface area contributed by atoms with E-state index in [-0.39, 0.29) is 11.9 Å². The minimum atomic E-state index is -0.0864. The molecule has 1 N–H and O–H groups in total. The number of fused-ring (bicyclic) bond motifs is 1. The number of nitrogens with one attached hydrogen (secondary N) is 1. The standard InChI is InChI=1S/C13H15NO/c1-2-13(15)14-12-9-5-7-10-6-3-4-8-11(10)12/h2-4,6,8,12H,1,5,7,9H2,(H,14,15)/t12-/m1/s1. The molecule has 1 aliphatic rings. The van der Waals surface area contributed by atoms with E-state index in [4.69, 9.17) is 0 Å². The zero-order chi connectivity index (χ0) is 10.7. The van der Waals surface area contributed by atoms with Crippen molar-refractivity contribution in [2.45, 2.75) is 25.3 Å². The minimum Gasteiger partial charge on any atom is -0.346 e. The van der Waals surface area contributed by atoms with Gasteiger partial charge in [-0.05, 0) is 36.5 Å². The predicted molar refractivity (Wildman–Crippen MR) is 60.5 cm³/mol. The van der Waals surface area contributed by atoms with Crippen LogP contribution in [0.1, 0.15) is 30.0 Å². The first-order chi connectivity index (χ1) is 7.31. The van der Waals surface area contributed by atoms with E-state index in [1.54, 1.807) is 0 Å². The highest BCUT2D eigenvalue weighted by atomic mass is 16.1. The lowest BCUT2D eigenvalue weighted by Gasteiger charge is -2.25. The monoisotopic (exact) mass is 201 g/mol. The second kappa shape index (κ2) is 4.30. The Morgan fingerprint density at radius 3 is 3.07 bits per heavy atom. The van der Waals surface area contributed by atoms with Gasteiger partial charge in [-0.3, -0.25) is 4.79 Å². The number of rotatable bonds is 2. The van der Waals surface area contributed by atoms with Crippen LogP contribution in [0.3, 0.4) is 0 Å². The Balaban J connectivity index is 2.22. The molecular weight excluding hydrogens is 186 g/mol. The molecule has 2 rings (SSSR count). The lowest BCUT2D eigenvalue weighted by Crippen LogP contribution is -2.29. The normalized spacial score (nSPS) is 19.1. The molecule has 0 radical (unpaired) electrons. The summed E-state index contributed by atoms with van der Waals surface area (Å²) in [5.41, 5.74) is 2.62. The molecule has 1 amide bonds. The van der Waals surface area contributed by atoms with Gasteiger partial charge in [-0.1, -0.05) is 30.8 Å². The molecule has 0 fully saturated rings. The molecule has 0 heterocycles. The molecule has 0 spiro atoms. The van der Waals surface area contributed by atoms with Crippen molar-refractivity contribution in [1.29, 1.82) is 0 Å². The number of hydrogen-bond acceptors (Lipinski definition) is 1. The van der Waals surface area contributed by atoms with E-state index in [0.29, 0.717) is 0 Å². The molecule has 0 saturated heterocycles. The van der Waals surface area contributed by atoms with Crippen molar-refractivity contribution in [3.05, 3.63) is 48.0 Å². The van der Waals surface area contributed by atoms with Crippen molar-refractivity contribution >= 4 is 5.91 Å². The highest BCUT2D eigenvalue weighted by Gasteiger charge is 2.20. The lowest BCUT2D eigenvalue weighted by atomic mass is 9.88. The van der Waals surface area contributed by atoms with E-state index < -0.39 is 0 Å². The molecular formula is C13H15NO. The number of benzene rings is 1. The summed E-state index contributed by atoms with van der Waals surface area (Å²) >= 11 is 0. The molecule has 0 unspecified atom stereocenters. The fourth-order valence-corrected chi connectivity index (χ4v) is 2.13. The maximum Gasteiger partial charge on any atom is 0.243 e. The molecule has 1 atom stereocenters. The summed E-state index contributed by atoms with van der Waals surface area (Å²) in [6.07, 6.45) is 4.61. The van der Waals surface area contributed by atoms with Crippen LogP contribution in [0, 0.1) is 0 Å². The first-order valence-electron chi connectivity index (χ1n) is 5.32. The summed E-state index contributed by atoms with van der Waals surface area (Å²) in [7, 11) is 0. The Morgan fingerprint density at radius 1 is 1.47 bits per heavy atom. The zero-order valence-corrected chi connectivity index (χ0v) is 8.70. The molecule has 2 heteroatoms. The van der Waals surface area contributed by atoms with Crippen molar-refractivity contribution in [2.75, 3.05) is 0 Å².